The second kappa shape index (κ2) is 4.44. The summed E-state index contributed by atoms with van der Waals surface area (Å²) in [5, 5.41) is 14.2. The number of fused-ring (bicyclic) bond motifs is 1. The third-order valence-electron chi connectivity index (χ3n) is 4.05. The lowest BCUT2D eigenvalue weighted by molar-refractivity contribution is -0.0157. The number of nitrogens with one attached hydrogen (secondary N) is 1. The highest BCUT2D eigenvalue weighted by Gasteiger charge is 2.35. The standard InChI is InChI=1S/C14H19NO3/c1-14(16,11-3-2-6-15-8-11)10-4-5-12-13(7-10)18-9-17-12/h4-5,7,11,15-16H,2-3,6,8-9H2,1H3. The van der Waals surface area contributed by atoms with E-state index in [9.17, 15) is 5.11 Å². The summed E-state index contributed by atoms with van der Waals surface area (Å²) >= 11 is 0. The molecule has 1 aromatic rings. The number of ether oxygens (including phenoxy) is 2. The molecule has 2 aliphatic heterocycles. The number of hydrogen-bond acceptors (Lipinski definition) is 4. The van der Waals surface area contributed by atoms with Gasteiger partial charge in [0.25, 0.3) is 0 Å². The Labute approximate surface area is 107 Å². The van der Waals surface area contributed by atoms with Crippen molar-refractivity contribution >= 4 is 0 Å². The first-order valence-electron chi connectivity index (χ1n) is 6.51. The first kappa shape index (κ1) is 11.8. The summed E-state index contributed by atoms with van der Waals surface area (Å²) in [7, 11) is 0. The van der Waals surface area contributed by atoms with Gasteiger partial charge in [-0.3, -0.25) is 0 Å². The van der Waals surface area contributed by atoms with Gasteiger partial charge in [-0.25, -0.2) is 0 Å². The normalized spacial score (nSPS) is 25.8. The molecule has 0 spiro atoms. The van der Waals surface area contributed by atoms with Gasteiger partial charge in [0.15, 0.2) is 11.5 Å². The Morgan fingerprint density at radius 3 is 2.94 bits per heavy atom. The summed E-state index contributed by atoms with van der Waals surface area (Å²) in [6, 6.07) is 5.71. The van der Waals surface area contributed by atoms with Crippen molar-refractivity contribution in [1.82, 2.24) is 5.32 Å². The quantitative estimate of drug-likeness (QED) is 0.836. The van der Waals surface area contributed by atoms with Crippen molar-refractivity contribution < 1.29 is 14.6 Å². The molecule has 0 bridgehead atoms. The minimum atomic E-state index is -0.825. The van der Waals surface area contributed by atoms with Gasteiger partial charge < -0.3 is 19.9 Å². The van der Waals surface area contributed by atoms with Crippen molar-refractivity contribution in [1.29, 1.82) is 0 Å². The van der Waals surface area contributed by atoms with E-state index in [-0.39, 0.29) is 12.7 Å². The smallest absolute Gasteiger partial charge is 0.231 e. The van der Waals surface area contributed by atoms with Gasteiger partial charge in [0.2, 0.25) is 6.79 Å². The zero-order valence-corrected chi connectivity index (χ0v) is 10.6. The molecule has 98 valence electrons. The highest BCUT2D eigenvalue weighted by Crippen LogP contribution is 2.39. The Morgan fingerprint density at radius 1 is 1.33 bits per heavy atom. The predicted molar refractivity (Wildman–Crippen MR) is 67.7 cm³/mol. The van der Waals surface area contributed by atoms with Gasteiger partial charge in [0.1, 0.15) is 0 Å². The van der Waals surface area contributed by atoms with Crippen LogP contribution in [-0.4, -0.2) is 25.0 Å². The van der Waals surface area contributed by atoms with Gasteiger partial charge in [-0.05, 0) is 44.0 Å². The number of benzene rings is 1. The Morgan fingerprint density at radius 2 is 2.17 bits per heavy atom. The summed E-state index contributed by atoms with van der Waals surface area (Å²) < 4.78 is 10.7. The zero-order chi connectivity index (χ0) is 12.6. The fourth-order valence-corrected chi connectivity index (χ4v) is 2.78. The van der Waals surface area contributed by atoms with E-state index in [2.05, 4.69) is 5.32 Å². The summed E-state index contributed by atoms with van der Waals surface area (Å²) in [6.45, 7) is 4.07. The van der Waals surface area contributed by atoms with E-state index < -0.39 is 5.60 Å². The number of aliphatic hydroxyl groups is 1. The summed E-state index contributed by atoms with van der Waals surface area (Å²) in [5.74, 6) is 1.74. The summed E-state index contributed by atoms with van der Waals surface area (Å²) in [6.07, 6.45) is 2.17. The van der Waals surface area contributed by atoms with Crippen LogP contribution < -0.4 is 14.8 Å². The van der Waals surface area contributed by atoms with Crippen molar-refractivity contribution in [3.8, 4) is 11.5 Å². The zero-order valence-electron chi connectivity index (χ0n) is 10.6. The molecule has 2 aliphatic rings. The fraction of sp³-hybridized carbons (Fsp3) is 0.571. The van der Waals surface area contributed by atoms with Crippen LogP contribution in [0.2, 0.25) is 0 Å². The molecule has 0 saturated carbocycles. The van der Waals surface area contributed by atoms with E-state index in [1.54, 1.807) is 0 Å². The molecule has 1 aromatic carbocycles. The maximum atomic E-state index is 10.8. The van der Waals surface area contributed by atoms with Crippen molar-refractivity contribution in [2.75, 3.05) is 19.9 Å². The maximum absolute atomic E-state index is 10.8. The van der Waals surface area contributed by atoms with Gasteiger partial charge in [-0.15, -0.1) is 0 Å². The van der Waals surface area contributed by atoms with Gasteiger partial charge in [-0.2, -0.15) is 0 Å². The molecule has 0 aromatic heterocycles. The molecule has 2 heterocycles. The maximum Gasteiger partial charge on any atom is 0.231 e. The average molecular weight is 249 g/mol. The first-order chi connectivity index (χ1) is 8.68. The lowest BCUT2D eigenvalue weighted by Crippen LogP contribution is -2.42. The lowest BCUT2D eigenvalue weighted by Gasteiger charge is -2.36. The van der Waals surface area contributed by atoms with Crippen LogP contribution in [0.1, 0.15) is 25.3 Å². The van der Waals surface area contributed by atoms with E-state index in [1.165, 1.54) is 0 Å². The number of piperidine rings is 1. The molecule has 2 unspecified atom stereocenters. The highest BCUT2D eigenvalue weighted by atomic mass is 16.7. The molecule has 1 saturated heterocycles. The van der Waals surface area contributed by atoms with E-state index in [1.807, 2.05) is 25.1 Å². The predicted octanol–water partition coefficient (Wildman–Crippen LogP) is 1.62. The van der Waals surface area contributed by atoms with Crippen LogP contribution in [0, 0.1) is 5.92 Å². The topological polar surface area (TPSA) is 50.7 Å². The third-order valence-corrected chi connectivity index (χ3v) is 4.05. The van der Waals surface area contributed by atoms with Crippen molar-refractivity contribution in [3.63, 3.8) is 0 Å². The second-order valence-electron chi connectivity index (χ2n) is 5.26. The minimum absolute atomic E-state index is 0.242. The molecule has 0 radical (unpaired) electrons. The minimum Gasteiger partial charge on any atom is -0.454 e. The Kier molecular flexibility index (Phi) is 2.92. The molecule has 3 rings (SSSR count). The molecule has 0 amide bonds. The number of hydrogen-bond donors (Lipinski definition) is 2. The molecular formula is C14H19NO3. The molecule has 4 heteroatoms. The molecule has 18 heavy (non-hydrogen) atoms. The SMILES string of the molecule is CC(O)(c1ccc2c(c1)OCO2)C1CCCNC1. The van der Waals surface area contributed by atoms with Crippen LogP contribution >= 0.6 is 0 Å². The van der Waals surface area contributed by atoms with Gasteiger partial charge in [0, 0.05) is 12.5 Å². The average Bonchev–Trinajstić information content (AvgIpc) is 2.87. The Hall–Kier alpha value is -1.26. The molecule has 4 nitrogen and oxygen atoms in total. The van der Waals surface area contributed by atoms with Crippen LogP contribution in [0.4, 0.5) is 0 Å². The fourth-order valence-electron chi connectivity index (χ4n) is 2.78. The van der Waals surface area contributed by atoms with Crippen LogP contribution in [0.25, 0.3) is 0 Å². The lowest BCUT2D eigenvalue weighted by atomic mass is 9.79. The van der Waals surface area contributed by atoms with E-state index in [0.29, 0.717) is 0 Å². The third kappa shape index (κ3) is 1.95. The Balaban J connectivity index is 1.87. The molecule has 1 fully saturated rings. The monoisotopic (exact) mass is 249 g/mol. The van der Waals surface area contributed by atoms with E-state index >= 15 is 0 Å². The van der Waals surface area contributed by atoms with Gasteiger partial charge in [0.05, 0.1) is 5.60 Å². The van der Waals surface area contributed by atoms with Crippen LogP contribution in [-0.2, 0) is 5.60 Å². The molecule has 0 aliphatic carbocycles. The summed E-state index contributed by atoms with van der Waals surface area (Å²) in [5.41, 5.74) is 0.0782. The largest absolute Gasteiger partial charge is 0.454 e. The molecular weight excluding hydrogens is 230 g/mol. The van der Waals surface area contributed by atoms with E-state index in [0.717, 1.165) is 43.0 Å². The van der Waals surface area contributed by atoms with Crippen molar-refractivity contribution in [2.45, 2.75) is 25.4 Å². The molecule has 2 atom stereocenters. The van der Waals surface area contributed by atoms with Crippen LogP contribution in [0.3, 0.4) is 0 Å². The molecule has 2 N–H and O–H groups in total. The van der Waals surface area contributed by atoms with E-state index in [4.69, 9.17) is 9.47 Å². The van der Waals surface area contributed by atoms with Gasteiger partial charge >= 0.3 is 0 Å². The van der Waals surface area contributed by atoms with Crippen molar-refractivity contribution in [2.24, 2.45) is 5.92 Å². The summed E-state index contributed by atoms with van der Waals surface area (Å²) in [4.78, 5) is 0. The second-order valence-corrected chi connectivity index (χ2v) is 5.26. The van der Waals surface area contributed by atoms with Gasteiger partial charge in [-0.1, -0.05) is 6.07 Å². The number of rotatable bonds is 2. The van der Waals surface area contributed by atoms with Crippen LogP contribution in [0.5, 0.6) is 11.5 Å². The Bertz CT molecular complexity index is 439. The first-order valence-corrected chi connectivity index (χ1v) is 6.51. The highest BCUT2D eigenvalue weighted by molar-refractivity contribution is 5.46. The van der Waals surface area contributed by atoms with Crippen molar-refractivity contribution in [3.05, 3.63) is 23.8 Å². The van der Waals surface area contributed by atoms with Crippen LogP contribution in [0.15, 0.2) is 18.2 Å².